The number of carboxylic acid groups (broad SMARTS) is 1. The summed E-state index contributed by atoms with van der Waals surface area (Å²) in [6, 6.07) is 6.49. The zero-order chi connectivity index (χ0) is 15.5. The van der Waals surface area contributed by atoms with Crippen LogP contribution in [0.3, 0.4) is 0 Å². The number of carbonyl (C=O) groups is 1. The van der Waals surface area contributed by atoms with Gasteiger partial charge in [-0.1, -0.05) is 17.7 Å². The molecule has 2 rings (SSSR count). The van der Waals surface area contributed by atoms with Crippen LogP contribution >= 0.6 is 0 Å². The van der Waals surface area contributed by atoms with Crippen molar-refractivity contribution < 1.29 is 22.5 Å². The first-order valence-electron chi connectivity index (χ1n) is 6.77. The van der Waals surface area contributed by atoms with Crippen molar-refractivity contribution in [2.45, 2.75) is 18.2 Å². The third kappa shape index (κ3) is 4.52. The smallest absolute Gasteiger partial charge is 0.317 e. The maximum atomic E-state index is 12.0. The normalized spacial score (nSPS) is 19.8. The molecule has 1 aromatic carbocycles. The second kappa shape index (κ2) is 6.55. The summed E-state index contributed by atoms with van der Waals surface area (Å²) in [5.74, 6) is -0.826. The molecule has 1 atom stereocenters. The molecular weight excluding hydrogens is 294 g/mol. The van der Waals surface area contributed by atoms with Crippen LogP contribution in [-0.2, 0) is 19.1 Å². The average molecular weight is 313 g/mol. The zero-order valence-electron chi connectivity index (χ0n) is 11.9. The van der Waals surface area contributed by atoms with Crippen molar-refractivity contribution in [3.8, 4) is 0 Å². The SMILES string of the molecule is Cc1ccc(S(=O)(=O)OC[C@H]2CCN(CC(=O)O)C2)cc1. The van der Waals surface area contributed by atoms with Crippen LogP contribution in [0, 0.1) is 12.8 Å². The van der Waals surface area contributed by atoms with Gasteiger partial charge in [-0.05, 0) is 37.9 Å². The predicted octanol–water partition coefficient (Wildman–Crippen LogP) is 1.11. The standard InChI is InChI=1S/C14H19NO5S/c1-11-2-4-13(5-3-11)21(18,19)20-10-12-6-7-15(8-12)9-14(16)17/h2-5,12H,6-10H2,1H3,(H,16,17)/t12-/m0/s1. The number of nitrogens with zero attached hydrogens (tertiary/aromatic N) is 1. The Morgan fingerprint density at radius 3 is 2.67 bits per heavy atom. The molecule has 0 unspecified atom stereocenters. The number of aryl methyl sites for hydroxylation is 1. The largest absolute Gasteiger partial charge is 0.480 e. The molecule has 1 aliphatic rings. The molecule has 116 valence electrons. The van der Waals surface area contributed by atoms with E-state index in [2.05, 4.69) is 0 Å². The van der Waals surface area contributed by atoms with E-state index in [1.54, 1.807) is 17.0 Å². The molecule has 0 aliphatic carbocycles. The van der Waals surface area contributed by atoms with E-state index in [1.807, 2.05) is 6.92 Å². The lowest BCUT2D eigenvalue weighted by Crippen LogP contribution is -2.28. The summed E-state index contributed by atoms with van der Waals surface area (Å²) in [5.41, 5.74) is 0.981. The van der Waals surface area contributed by atoms with E-state index in [9.17, 15) is 13.2 Å². The molecule has 1 heterocycles. The molecule has 1 saturated heterocycles. The Labute approximate surface area is 124 Å². The second-order valence-corrected chi connectivity index (χ2v) is 6.95. The molecular formula is C14H19NO5S. The Morgan fingerprint density at radius 1 is 1.38 bits per heavy atom. The van der Waals surface area contributed by atoms with Crippen molar-refractivity contribution in [1.82, 2.24) is 4.90 Å². The highest BCUT2D eigenvalue weighted by Gasteiger charge is 2.26. The molecule has 0 saturated carbocycles. The number of benzene rings is 1. The molecule has 0 bridgehead atoms. The van der Waals surface area contributed by atoms with Gasteiger partial charge in [0.2, 0.25) is 0 Å². The van der Waals surface area contributed by atoms with Gasteiger partial charge >= 0.3 is 5.97 Å². The number of likely N-dealkylation sites (tertiary alicyclic amines) is 1. The van der Waals surface area contributed by atoms with E-state index in [1.165, 1.54) is 12.1 Å². The van der Waals surface area contributed by atoms with Crippen molar-refractivity contribution in [2.24, 2.45) is 5.92 Å². The Bertz CT molecular complexity index is 596. The molecule has 0 radical (unpaired) electrons. The van der Waals surface area contributed by atoms with E-state index >= 15 is 0 Å². The summed E-state index contributed by atoms with van der Waals surface area (Å²) in [6.45, 7) is 3.17. The third-order valence-corrected chi connectivity index (χ3v) is 4.79. The van der Waals surface area contributed by atoms with E-state index in [4.69, 9.17) is 9.29 Å². The van der Waals surface area contributed by atoms with E-state index in [0.29, 0.717) is 13.1 Å². The minimum atomic E-state index is -3.74. The molecule has 1 aromatic rings. The Kier molecular flexibility index (Phi) is 4.97. The number of hydrogen-bond donors (Lipinski definition) is 1. The fourth-order valence-corrected chi connectivity index (χ4v) is 3.32. The monoisotopic (exact) mass is 313 g/mol. The van der Waals surface area contributed by atoms with E-state index in [-0.39, 0.29) is 24.0 Å². The quantitative estimate of drug-likeness (QED) is 0.792. The van der Waals surface area contributed by atoms with Crippen LogP contribution < -0.4 is 0 Å². The lowest BCUT2D eigenvalue weighted by atomic mass is 10.1. The summed E-state index contributed by atoms with van der Waals surface area (Å²) in [6.07, 6.45) is 0.747. The number of hydrogen-bond acceptors (Lipinski definition) is 5. The van der Waals surface area contributed by atoms with E-state index in [0.717, 1.165) is 12.0 Å². The van der Waals surface area contributed by atoms with Gasteiger partial charge in [0, 0.05) is 6.54 Å². The minimum Gasteiger partial charge on any atom is -0.480 e. The van der Waals surface area contributed by atoms with Gasteiger partial charge in [-0.2, -0.15) is 8.42 Å². The molecule has 1 aliphatic heterocycles. The molecule has 1 N–H and O–H groups in total. The van der Waals surface area contributed by atoms with Crippen molar-refractivity contribution in [3.63, 3.8) is 0 Å². The molecule has 0 amide bonds. The van der Waals surface area contributed by atoms with Gasteiger partial charge in [0.05, 0.1) is 18.0 Å². The third-order valence-electron chi connectivity index (χ3n) is 3.50. The number of carboxylic acids is 1. The molecule has 21 heavy (non-hydrogen) atoms. The Morgan fingerprint density at radius 2 is 2.05 bits per heavy atom. The lowest BCUT2D eigenvalue weighted by Gasteiger charge is -2.13. The minimum absolute atomic E-state index is 0.0127. The molecule has 1 fully saturated rings. The number of rotatable bonds is 6. The summed E-state index contributed by atoms with van der Waals surface area (Å²) in [5, 5.41) is 8.72. The maximum absolute atomic E-state index is 12.0. The van der Waals surface area contributed by atoms with Crippen molar-refractivity contribution >= 4 is 16.1 Å². The summed E-state index contributed by atoms with van der Waals surface area (Å²) in [7, 11) is -3.74. The van der Waals surface area contributed by atoms with Gasteiger partial charge in [0.15, 0.2) is 0 Å². The molecule has 0 aromatic heterocycles. The molecule has 0 spiro atoms. The maximum Gasteiger partial charge on any atom is 0.317 e. The summed E-state index contributed by atoms with van der Waals surface area (Å²) >= 11 is 0. The second-order valence-electron chi connectivity index (χ2n) is 5.34. The van der Waals surface area contributed by atoms with Crippen LogP contribution in [0.1, 0.15) is 12.0 Å². The van der Waals surface area contributed by atoms with Gasteiger partial charge in [-0.3, -0.25) is 13.9 Å². The fraction of sp³-hybridized carbons (Fsp3) is 0.500. The van der Waals surface area contributed by atoms with Crippen LogP contribution in [0.2, 0.25) is 0 Å². The van der Waals surface area contributed by atoms with E-state index < -0.39 is 16.1 Å². The highest BCUT2D eigenvalue weighted by molar-refractivity contribution is 7.86. The topological polar surface area (TPSA) is 83.9 Å². The van der Waals surface area contributed by atoms with Crippen LogP contribution in [-0.4, -0.2) is 50.6 Å². The van der Waals surface area contributed by atoms with Gasteiger partial charge in [0.1, 0.15) is 0 Å². The summed E-state index contributed by atoms with van der Waals surface area (Å²) in [4.78, 5) is 12.6. The van der Waals surface area contributed by atoms with Crippen molar-refractivity contribution in [2.75, 3.05) is 26.2 Å². The fourth-order valence-electron chi connectivity index (χ4n) is 2.34. The van der Waals surface area contributed by atoms with Crippen LogP contribution in [0.25, 0.3) is 0 Å². The first kappa shape index (κ1) is 15.9. The molecule has 7 heteroatoms. The van der Waals surface area contributed by atoms with Gasteiger partial charge in [-0.25, -0.2) is 0 Å². The lowest BCUT2D eigenvalue weighted by molar-refractivity contribution is -0.138. The van der Waals surface area contributed by atoms with Crippen molar-refractivity contribution in [1.29, 1.82) is 0 Å². The average Bonchev–Trinajstić information content (AvgIpc) is 2.84. The Hall–Kier alpha value is -1.44. The molecule has 6 nitrogen and oxygen atoms in total. The van der Waals surface area contributed by atoms with Gasteiger partial charge in [-0.15, -0.1) is 0 Å². The predicted molar refractivity (Wildman–Crippen MR) is 76.5 cm³/mol. The first-order chi connectivity index (χ1) is 9.87. The van der Waals surface area contributed by atoms with Crippen LogP contribution in [0.5, 0.6) is 0 Å². The first-order valence-corrected chi connectivity index (χ1v) is 8.18. The summed E-state index contributed by atoms with van der Waals surface area (Å²) < 4.78 is 29.1. The number of aliphatic carboxylic acids is 1. The van der Waals surface area contributed by atoms with Gasteiger partial charge in [0.25, 0.3) is 10.1 Å². The van der Waals surface area contributed by atoms with Crippen molar-refractivity contribution in [3.05, 3.63) is 29.8 Å². The van der Waals surface area contributed by atoms with Gasteiger partial charge < -0.3 is 5.11 Å². The highest BCUT2D eigenvalue weighted by Crippen LogP contribution is 2.19. The van der Waals surface area contributed by atoms with Crippen LogP contribution in [0.4, 0.5) is 0 Å². The zero-order valence-corrected chi connectivity index (χ0v) is 12.7. The Balaban J connectivity index is 1.88. The van der Waals surface area contributed by atoms with Crippen LogP contribution in [0.15, 0.2) is 29.2 Å². The highest BCUT2D eigenvalue weighted by atomic mass is 32.2.